The summed E-state index contributed by atoms with van der Waals surface area (Å²) >= 11 is 0. The Kier molecular flexibility index (Phi) is 9.68. The Morgan fingerprint density at radius 1 is 0.981 bits per heavy atom. The molecule has 11 heteroatoms. The summed E-state index contributed by atoms with van der Waals surface area (Å²) in [6, 6.07) is 15.5. The molecule has 7 rings (SSSR count). The number of nitrogens with zero attached hydrogens (tertiary/aromatic N) is 1. The quantitative estimate of drug-likeness (QED) is 0.341. The van der Waals surface area contributed by atoms with Gasteiger partial charge in [0, 0.05) is 20.0 Å². The molecular weight excluding hydrogens is 681 g/mol. The summed E-state index contributed by atoms with van der Waals surface area (Å²) in [5.74, 6) is -2.25. The Bertz CT molecular complexity index is 1860. The monoisotopic (exact) mass is 732 g/mol. The number of fused-ring (bicyclic) bond motifs is 8. The van der Waals surface area contributed by atoms with Crippen LogP contribution >= 0.6 is 0 Å². The molecule has 6 bridgehead atoms. The maximum absolute atomic E-state index is 14.8. The first-order valence-corrected chi connectivity index (χ1v) is 20.5. The van der Waals surface area contributed by atoms with Gasteiger partial charge in [-0.2, -0.15) is 0 Å². The lowest BCUT2D eigenvalue weighted by Gasteiger charge is -2.35. The second kappa shape index (κ2) is 13.7. The lowest BCUT2D eigenvalue weighted by molar-refractivity contribution is -0.153. The van der Waals surface area contributed by atoms with E-state index < -0.39 is 55.5 Å². The molecule has 1 saturated heterocycles. The number of ketones is 1. The molecule has 2 aromatic rings. The number of carbonyl (C=O) groups excluding carboxylic acids is 4. The fraction of sp³-hybridized carbons (Fsp3) is 0.610. The van der Waals surface area contributed by atoms with Gasteiger partial charge in [-0.3, -0.25) is 23.9 Å². The summed E-state index contributed by atoms with van der Waals surface area (Å²) in [6.45, 7) is 6.06. The van der Waals surface area contributed by atoms with E-state index in [2.05, 4.69) is 29.0 Å². The number of ether oxygens (including phenoxy) is 2. The van der Waals surface area contributed by atoms with Crippen LogP contribution in [0.1, 0.15) is 96.1 Å². The van der Waals surface area contributed by atoms with Crippen molar-refractivity contribution in [2.75, 3.05) is 20.3 Å². The lowest BCUT2D eigenvalue weighted by Crippen LogP contribution is -2.49. The van der Waals surface area contributed by atoms with E-state index in [4.69, 9.17) is 9.47 Å². The molecule has 3 saturated carbocycles. The van der Waals surface area contributed by atoms with E-state index in [0.717, 1.165) is 42.4 Å². The van der Waals surface area contributed by atoms with Crippen LogP contribution in [0, 0.1) is 28.6 Å². The number of rotatable bonds is 8. The van der Waals surface area contributed by atoms with Gasteiger partial charge >= 0.3 is 5.97 Å². The minimum atomic E-state index is -3.81. The summed E-state index contributed by atoms with van der Waals surface area (Å²) in [6.07, 6.45) is 5.63. The van der Waals surface area contributed by atoms with E-state index in [9.17, 15) is 27.6 Å². The molecule has 2 aliphatic heterocycles. The van der Waals surface area contributed by atoms with Crippen molar-refractivity contribution >= 4 is 33.6 Å². The highest BCUT2D eigenvalue weighted by molar-refractivity contribution is 7.90. The number of carbonyl (C=O) groups is 4. The van der Waals surface area contributed by atoms with Gasteiger partial charge in [-0.15, -0.1) is 0 Å². The number of hydrogen-bond donors (Lipinski definition) is 1. The Morgan fingerprint density at radius 3 is 2.37 bits per heavy atom. The predicted octanol–water partition coefficient (Wildman–Crippen LogP) is 5.71. The SMILES string of the molecule is CO[C@@]12C[C@@H](C(=O)C[C@]3(C(=O)NS(=O)(=O)C4CC4)C[C@H]3C3CC3)N(C1)C(=O)[C@H](C(C)(C)C)CC(=O)OCCCCc1cccc(c1)-c1cccc2c1. The Morgan fingerprint density at radius 2 is 1.69 bits per heavy atom. The molecule has 2 aromatic carbocycles. The summed E-state index contributed by atoms with van der Waals surface area (Å²) < 4.78 is 40.1. The normalized spacial score (nSPS) is 29.8. The first-order chi connectivity index (χ1) is 24.7. The summed E-state index contributed by atoms with van der Waals surface area (Å²) in [4.78, 5) is 58.2. The smallest absolute Gasteiger partial charge is 0.306 e. The molecule has 1 N–H and O–H groups in total. The molecule has 2 amide bonds. The topological polar surface area (TPSA) is 136 Å². The molecule has 0 unspecified atom stereocenters. The van der Waals surface area contributed by atoms with Crippen molar-refractivity contribution in [1.82, 2.24) is 9.62 Å². The molecule has 0 spiro atoms. The van der Waals surface area contributed by atoms with Gasteiger partial charge in [0.1, 0.15) is 5.60 Å². The van der Waals surface area contributed by atoms with E-state index in [1.807, 2.05) is 45.0 Å². The molecule has 52 heavy (non-hydrogen) atoms. The van der Waals surface area contributed by atoms with Crippen LogP contribution in [0.5, 0.6) is 0 Å². The highest BCUT2D eigenvalue weighted by atomic mass is 32.2. The van der Waals surface area contributed by atoms with Crippen molar-refractivity contribution in [3.63, 3.8) is 0 Å². The van der Waals surface area contributed by atoms with Crippen LogP contribution in [0.25, 0.3) is 11.1 Å². The maximum Gasteiger partial charge on any atom is 0.306 e. The number of nitrogens with one attached hydrogen (secondary N) is 1. The van der Waals surface area contributed by atoms with Crippen LogP contribution in [0.2, 0.25) is 0 Å². The highest BCUT2D eigenvalue weighted by Crippen LogP contribution is 2.65. The average Bonchev–Trinajstić information content (AvgIpc) is 3.97. The van der Waals surface area contributed by atoms with Crippen LogP contribution in [-0.2, 0) is 50.7 Å². The van der Waals surface area contributed by atoms with Crippen molar-refractivity contribution in [3.8, 4) is 11.1 Å². The number of esters is 1. The average molecular weight is 733 g/mol. The van der Waals surface area contributed by atoms with Gasteiger partial charge in [0.25, 0.3) is 0 Å². The van der Waals surface area contributed by atoms with Crippen LogP contribution < -0.4 is 4.72 Å². The molecule has 5 aliphatic rings. The highest BCUT2D eigenvalue weighted by Gasteiger charge is 2.66. The van der Waals surface area contributed by atoms with E-state index in [0.29, 0.717) is 25.7 Å². The van der Waals surface area contributed by atoms with Crippen LogP contribution in [0.4, 0.5) is 0 Å². The third-order valence-corrected chi connectivity index (χ3v) is 14.1. The van der Waals surface area contributed by atoms with Crippen molar-refractivity contribution in [1.29, 1.82) is 0 Å². The van der Waals surface area contributed by atoms with Crippen molar-refractivity contribution in [3.05, 3.63) is 59.7 Å². The minimum absolute atomic E-state index is 0.0734. The van der Waals surface area contributed by atoms with E-state index >= 15 is 0 Å². The molecule has 5 atom stereocenters. The Balaban J connectivity index is 1.26. The maximum atomic E-state index is 14.8. The number of Topliss-reactive ketones (excluding diaryl/α,β-unsaturated/α-hetero) is 1. The zero-order valence-corrected chi connectivity index (χ0v) is 31.6. The standard InChI is InChI=1S/C41H52N2O8S/c1-39(2,3)32-21-36(45)51-18-6-5-9-26-10-7-11-28(19-26)29-12-8-13-30(20-29)41(50-4)23-34(43(25-41)37(32)46)35(44)24-40(22-33(40)27-14-15-27)38(47)42-52(48,49)31-16-17-31/h7-8,10-13,19-20,27,31-34H,5-6,9,14-18,21-25H2,1-4H3,(H,42,47)/t32-,33+,34+,40-,41+/m1/s1. The van der Waals surface area contributed by atoms with Crippen LogP contribution in [0.15, 0.2) is 48.5 Å². The number of sulfonamides is 1. The zero-order chi connectivity index (χ0) is 37.1. The van der Waals surface area contributed by atoms with Crippen LogP contribution in [-0.4, -0.2) is 68.4 Å². The second-order valence-corrected chi connectivity index (χ2v) is 19.0. The molecule has 4 fully saturated rings. The Labute approximate surface area is 307 Å². The summed E-state index contributed by atoms with van der Waals surface area (Å²) in [7, 11) is -2.21. The fourth-order valence-corrected chi connectivity index (χ4v) is 10.1. The number of amides is 2. The van der Waals surface area contributed by atoms with Crippen molar-refractivity contribution in [2.24, 2.45) is 28.6 Å². The summed E-state index contributed by atoms with van der Waals surface area (Å²) in [5, 5.41) is -0.565. The molecule has 10 nitrogen and oxygen atoms in total. The van der Waals surface area contributed by atoms with Gasteiger partial charge < -0.3 is 14.4 Å². The van der Waals surface area contributed by atoms with Gasteiger partial charge in [-0.1, -0.05) is 63.2 Å². The van der Waals surface area contributed by atoms with Gasteiger partial charge in [-0.05, 0) is 96.9 Å². The summed E-state index contributed by atoms with van der Waals surface area (Å²) in [5.41, 5.74) is 1.21. The molecular formula is C41H52N2O8S. The third kappa shape index (κ3) is 7.32. The van der Waals surface area contributed by atoms with E-state index in [-0.39, 0.29) is 55.9 Å². The number of methoxy groups -OCH3 is 1. The number of aryl methyl sites for hydroxylation is 1. The van der Waals surface area contributed by atoms with Crippen molar-refractivity contribution in [2.45, 2.75) is 108 Å². The number of benzene rings is 2. The number of cyclic esters (lactones) is 1. The van der Waals surface area contributed by atoms with Gasteiger partial charge in [0.15, 0.2) is 5.78 Å². The van der Waals surface area contributed by atoms with Gasteiger partial charge in [0.05, 0.1) is 42.2 Å². The Hall–Kier alpha value is -3.57. The lowest BCUT2D eigenvalue weighted by atomic mass is 9.77. The molecule has 280 valence electrons. The van der Waals surface area contributed by atoms with Crippen molar-refractivity contribution < 1.29 is 37.1 Å². The van der Waals surface area contributed by atoms with Crippen LogP contribution in [0.3, 0.4) is 0 Å². The first-order valence-electron chi connectivity index (χ1n) is 19.0. The third-order valence-electron chi connectivity index (χ3n) is 12.3. The van der Waals surface area contributed by atoms with E-state index in [1.54, 1.807) is 12.0 Å². The zero-order valence-electron chi connectivity index (χ0n) is 30.8. The van der Waals surface area contributed by atoms with Gasteiger partial charge in [-0.25, -0.2) is 8.42 Å². The second-order valence-electron chi connectivity index (χ2n) is 17.1. The first kappa shape index (κ1) is 36.8. The van der Waals surface area contributed by atoms with E-state index in [1.165, 1.54) is 5.56 Å². The molecule has 0 radical (unpaired) electrons. The minimum Gasteiger partial charge on any atom is -0.466 e. The molecule has 2 heterocycles. The molecule has 0 aromatic heterocycles. The van der Waals surface area contributed by atoms with Gasteiger partial charge in [0.2, 0.25) is 21.8 Å². The predicted molar refractivity (Wildman–Crippen MR) is 195 cm³/mol. The largest absolute Gasteiger partial charge is 0.466 e. The fourth-order valence-electron chi connectivity index (χ4n) is 8.68. The number of hydrogen-bond acceptors (Lipinski definition) is 8. The molecule has 3 aliphatic carbocycles.